The van der Waals surface area contributed by atoms with Gasteiger partial charge >= 0.3 is 5.91 Å². The number of amides is 1. The Kier molecular flexibility index (Phi) is 4.57. The number of carbonyl (C=O) groups is 1. The van der Waals surface area contributed by atoms with E-state index in [2.05, 4.69) is 10.3 Å². The Hall–Kier alpha value is -2.67. The first kappa shape index (κ1) is 15.7. The minimum absolute atomic E-state index is 0. The number of nitro groups is 1. The molecule has 0 unspecified atom stereocenters. The SMILES string of the molecule is Cl.O=C(c1ccc2c(c1)CCN2)N(c1cccnc1)[N+](=O)[O-]. The molecule has 0 aliphatic carbocycles. The molecular formula is C14H13ClN4O3. The van der Waals surface area contributed by atoms with Crippen LogP contribution in [0.4, 0.5) is 11.4 Å². The molecule has 1 aliphatic rings. The molecule has 1 N–H and O–H groups in total. The van der Waals surface area contributed by atoms with E-state index in [1.165, 1.54) is 18.5 Å². The largest absolute Gasteiger partial charge is 0.384 e. The maximum Gasteiger partial charge on any atom is 0.320 e. The first-order valence-corrected chi connectivity index (χ1v) is 6.42. The lowest BCUT2D eigenvalue weighted by atomic mass is 10.1. The number of nitrogens with one attached hydrogen (secondary N) is 1. The highest BCUT2D eigenvalue weighted by molar-refractivity contribution is 6.04. The second-order valence-electron chi connectivity index (χ2n) is 4.61. The van der Waals surface area contributed by atoms with Gasteiger partial charge in [0.25, 0.3) is 0 Å². The van der Waals surface area contributed by atoms with E-state index in [9.17, 15) is 14.9 Å². The van der Waals surface area contributed by atoms with Gasteiger partial charge in [-0.05, 0) is 47.3 Å². The Morgan fingerprint density at radius 2 is 2.18 bits per heavy atom. The molecule has 2 aromatic rings. The van der Waals surface area contributed by atoms with E-state index in [1.807, 2.05) is 0 Å². The van der Waals surface area contributed by atoms with Crippen LogP contribution >= 0.6 is 12.4 Å². The highest BCUT2D eigenvalue weighted by atomic mass is 35.5. The van der Waals surface area contributed by atoms with Crippen molar-refractivity contribution in [3.05, 3.63) is 64.0 Å². The highest BCUT2D eigenvalue weighted by Crippen LogP contribution is 2.24. The molecule has 0 bridgehead atoms. The third-order valence-corrected chi connectivity index (χ3v) is 3.31. The summed E-state index contributed by atoms with van der Waals surface area (Å²) in [6.07, 6.45) is 3.59. The van der Waals surface area contributed by atoms with Gasteiger partial charge in [0, 0.05) is 24.0 Å². The van der Waals surface area contributed by atoms with Gasteiger partial charge in [-0.1, -0.05) is 0 Å². The van der Waals surface area contributed by atoms with Crippen LogP contribution in [0.2, 0.25) is 0 Å². The lowest BCUT2D eigenvalue weighted by Crippen LogP contribution is -2.36. The predicted octanol–water partition coefficient (Wildman–Crippen LogP) is 2.31. The molecule has 7 nitrogen and oxygen atoms in total. The molecule has 3 rings (SSSR count). The first-order chi connectivity index (χ1) is 10.2. The van der Waals surface area contributed by atoms with Gasteiger partial charge in [0.1, 0.15) is 5.69 Å². The quantitative estimate of drug-likeness (QED) is 0.692. The Morgan fingerprint density at radius 3 is 2.86 bits per heavy atom. The molecule has 1 aliphatic heterocycles. The van der Waals surface area contributed by atoms with Gasteiger partial charge in [-0.2, -0.15) is 0 Å². The molecule has 1 aromatic carbocycles. The molecule has 8 heteroatoms. The van der Waals surface area contributed by atoms with Crippen LogP contribution in [0.5, 0.6) is 0 Å². The third kappa shape index (κ3) is 2.84. The third-order valence-electron chi connectivity index (χ3n) is 3.31. The number of anilines is 2. The van der Waals surface area contributed by atoms with Crippen molar-refractivity contribution in [1.29, 1.82) is 0 Å². The van der Waals surface area contributed by atoms with E-state index in [0.29, 0.717) is 5.01 Å². The lowest BCUT2D eigenvalue weighted by Gasteiger charge is -2.12. The second kappa shape index (κ2) is 6.40. The van der Waals surface area contributed by atoms with Gasteiger partial charge in [-0.15, -0.1) is 12.4 Å². The Morgan fingerprint density at radius 1 is 1.36 bits per heavy atom. The fraction of sp³-hybridized carbons (Fsp3) is 0.143. The summed E-state index contributed by atoms with van der Waals surface area (Å²) in [6, 6.07) is 8.09. The zero-order chi connectivity index (χ0) is 14.8. The van der Waals surface area contributed by atoms with Crippen molar-refractivity contribution < 1.29 is 9.83 Å². The number of rotatable bonds is 3. The van der Waals surface area contributed by atoms with Gasteiger partial charge in [0.05, 0.1) is 6.20 Å². The average Bonchev–Trinajstić information content (AvgIpc) is 2.95. The number of pyridine rings is 1. The monoisotopic (exact) mass is 320 g/mol. The van der Waals surface area contributed by atoms with Crippen LogP contribution in [0.25, 0.3) is 0 Å². The maximum absolute atomic E-state index is 12.4. The minimum Gasteiger partial charge on any atom is -0.384 e. The van der Waals surface area contributed by atoms with E-state index < -0.39 is 10.9 Å². The molecule has 0 radical (unpaired) electrons. The smallest absolute Gasteiger partial charge is 0.320 e. The van der Waals surface area contributed by atoms with Crippen LogP contribution < -0.4 is 10.3 Å². The number of nitrogens with zero attached hydrogens (tertiary/aromatic N) is 3. The van der Waals surface area contributed by atoms with Crippen molar-refractivity contribution in [2.75, 3.05) is 16.9 Å². The molecule has 1 aromatic heterocycles. The fourth-order valence-corrected chi connectivity index (χ4v) is 2.32. The normalized spacial score (nSPS) is 11.8. The molecule has 0 saturated carbocycles. The highest BCUT2D eigenvalue weighted by Gasteiger charge is 2.29. The molecule has 0 saturated heterocycles. The Balaban J connectivity index is 0.00000176. The molecule has 0 fully saturated rings. The molecule has 114 valence electrons. The van der Waals surface area contributed by atoms with Gasteiger partial charge in [0.15, 0.2) is 5.03 Å². The summed E-state index contributed by atoms with van der Waals surface area (Å²) >= 11 is 0. The van der Waals surface area contributed by atoms with E-state index in [0.717, 1.165) is 24.2 Å². The number of carbonyl (C=O) groups excluding carboxylic acids is 1. The van der Waals surface area contributed by atoms with E-state index >= 15 is 0 Å². The summed E-state index contributed by atoms with van der Waals surface area (Å²) < 4.78 is 0. The maximum atomic E-state index is 12.4. The van der Waals surface area contributed by atoms with Crippen molar-refractivity contribution >= 4 is 29.7 Å². The van der Waals surface area contributed by atoms with Gasteiger partial charge in [-0.3, -0.25) is 9.78 Å². The predicted molar refractivity (Wildman–Crippen MR) is 83.9 cm³/mol. The number of aromatic nitrogens is 1. The molecule has 2 heterocycles. The standard InChI is InChI=1S/C14H12N4O3.ClH/c19-14(11-3-4-13-10(8-11)5-7-16-13)17(18(20)21)12-2-1-6-15-9-12;/h1-4,6,8-9,16H,5,7H2;1H. The van der Waals surface area contributed by atoms with Gasteiger partial charge in [0.2, 0.25) is 0 Å². The van der Waals surface area contributed by atoms with Gasteiger partial charge < -0.3 is 5.32 Å². The van der Waals surface area contributed by atoms with Crippen molar-refractivity contribution in [1.82, 2.24) is 4.98 Å². The van der Waals surface area contributed by atoms with Gasteiger partial charge in [-0.25, -0.2) is 10.1 Å². The summed E-state index contributed by atoms with van der Waals surface area (Å²) in [5, 5.41) is 14.2. The van der Waals surface area contributed by atoms with Crippen molar-refractivity contribution in [2.24, 2.45) is 0 Å². The number of halogens is 1. The van der Waals surface area contributed by atoms with E-state index in [4.69, 9.17) is 0 Å². The summed E-state index contributed by atoms with van der Waals surface area (Å²) in [5.41, 5.74) is 2.39. The van der Waals surface area contributed by atoms with Crippen LogP contribution in [0.3, 0.4) is 0 Å². The Labute approximate surface area is 132 Å². The number of hydrazine groups is 1. The molecule has 0 atom stereocenters. The summed E-state index contributed by atoms with van der Waals surface area (Å²) in [6.45, 7) is 0.814. The van der Waals surface area contributed by atoms with Crippen LogP contribution in [0.1, 0.15) is 15.9 Å². The van der Waals surface area contributed by atoms with Crippen LogP contribution in [-0.2, 0) is 6.42 Å². The molecule has 22 heavy (non-hydrogen) atoms. The lowest BCUT2D eigenvalue weighted by molar-refractivity contribution is -0.481. The van der Waals surface area contributed by atoms with Crippen molar-refractivity contribution in [2.45, 2.75) is 6.42 Å². The summed E-state index contributed by atoms with van der Waals surface area (Å²) in [4.78, 5) is 27.5. The first-order valence-electron chi connectivity index (χ1n) is 6.42. The topological polar surface area (TPSA) is 88.4 Å². The fourth-order valence-electron chi connectivity index (χ4n) is 2.32. The summed E-state index contributed by atoms with van der Waals surface area (Å²) in [5.74, 6) is -0.678. The van der Waals surface area contributed by atoms with E-state index in [-0.39, 0.29) is 23.7 Å². The van der Waals surface area contributed by atoms with E-state index in [1.54, 1.807) is 24.3 Å². The minimum atomic E-state index is -0.731. The zero-order valence-corrected chi connectivity index (χ0v) is 12.2. The summed E-state index contributed by atoms with van der Waals surface area (Å²) in [7, 11) is 0. The van der Waals surface area contributed by atoms with Crippen LogP contribution in [-0.4, -0.2) is 22.5 Å². The molecule has 1 amide bonds. The Bertz CT molecular complexity index is 708. The van der Waals surface area contributed by atoms with Crippen molar-refractivity contribution in [3.8, 4) is 0 Å². The number of hydrogen-bond donors (Lipinski definition) is 1. The van der Waals surface area contributed by atoms with Crippen LogP contribution in [0.15, 0.2) is 42.7 Å². The number of benzene rings is 1. The second-order valence-corrected chi connectivity index (χ2v) is 4.61. The number of hydrogen-bond acceptors (Lipinski definition) is 5. The molecular weight excluding hydrogens is 308 g/mol. The number of fused-ring (bicyclic) bond motifs is 1. The zero-order valence-electron chi connectivity index (χ0n) is 11.4. The van der Waals surface area contributed by atoms with Crippen molar-refractivity contribution in [3.63, 3.8) is 0 Å². The van der Waals surface area contributed by atoms with Crippen LogP contribution in [0, 0.1) is 10.1 Å². The molecule has 0 spiro atoms. The average molecular weight is 321 g/mol.